The molecule has 0 radical (unpaired) electrons. The zero-order valence-corrected chi connectivity index (χ0v) is 18.9. The molecule has 0 aliphatic carbocycles. The second kappa shape index (κ2) is 9.93. The molecule has 1 aliphatic rings. The first-order chi connectivity index (χ1) is 14.3. The number of morpholine rings is 1. The Morgan fingerprint density at radius 1 is 0.867 bits per heavy atom. The Morgan fingerprint density at radius 3 is 2.10 bits per heavy atom. The third-order valence-electron chi connectivity index (χ3n) is 6.36. The van der Waals surface area contributed by atoms with Gasteiger partial charge in [0.25, 0.3) is 0 Å². The highest BCUT2D eigenvalue weighted by Gasteiger charge is 2.30. The highest BCUT2D eigenvalue weighted by atomic mass is 19.1. The summed E-state index contributed by atoms with van der Waals surface area (Å²) in [6.07, 6.45) is 1.83. The van der Waals surface area contributed by atoms with E-state index in [1.165, 1.54) is 5.56 Å². The van der Waals surface area contributed by atoms with Crippen molar-refractivity contribution in [1.82, 2.24) is 4.90 Å². The first-order valence-electron chi connectivity index (χ1n) is 11.1. The molecule has 0 N–H and O–H groups in total. The topological polar surface area (TPSA) is 21.7 Å². The summed E-state index contributed by atoms with van der Waals surface area (Å²) in [5.41, 5.74) is 1.71. The normalized spacial score (nSPS) is 15.9. The zero-order valence-electron chi connectivity index (χ0n) is 18.9. The van der Waals surface area contributed by atoms with Crippen molar-refractivity contribution in [1.29, 1.82) is 0 Å². The Hall–Kier alpha value is -1.91. The lowest BCUT2D eigenvalue weighted by Crippen LogP contribution is -2.38. The zero-order chi connectivity index (χ0) is 21.6. The lowest BCUT2D eigenvalue weighted by molar-refractivity contribution is 0.0321. The van der Waals surface area contributed by atoms with Crippen molar-refractivity contribution in [2.45, 2.75) is 51.4 Å². The van der Waals surface area contributed by atoms with Crippen molar-refractivity contribution >= 4 is 0 Å². The lowest BCUT2D eigenvalue weighted by atomic mass is 9.72. The molecule has 2 aromatic carbocycles. The Balaban J connectivity index is 1.64. The summed E-state index contributed by atoms with van der Waals surface area (Å²) < 4.78 is 26.0. The van der Waals surface area contributed by atoms with Gasteiger partial charge in [-0.25, -0.2) is 4.39 Å². The summed E-state index contributed by atoms with van der Waals surface area (Å²) in [6.45, 7) is 13.9. The molecule has 1 fully saturated rings. The van der Waals surface area contributed by atoms with Crippen molar-refractivity contribution in [3.8, 4) is 5.75 Å². The second-order valence-corrected chi connectivity index (χ2v) is 9.55. The average Bonchev–Trinajstić information content (AvgIpc) is 2.74. The molecule has 0 atom stereocenters. The highest BCUT2D eigenvalue weighted by molar-refractivity contribution is 5.39. The summed E-state index contributed by atoms with van der Waals surface area (Å²) in [5.74, 6) is 0.839. The first-order valence-corrected chi connectivity index (χ1v) is 11.1. The fourth-order valence-corrected chi connectivity index (χ4v) is 4.17. The molecule has 0 spiro atoms. The van der Waals surface area contributed by atoms with Crippen LogP contribution in [0.25, 0.3) is 0 Å². The fourth-order valence-electron chi connectivity index (χ4n) is 4.17. The van der Waals surface area contributed by atoms with Crippen molar-refractivity contribution < 1.29 is 13.9 Å². The number of hydrogen-bond donors (Lipinski definition) is 0. The van der Waals surface area contributed by atoms with Gasteiger partial charge in [0.2, 0.25) is 0 Å². The fraction of sp³-hybridized carbons (Fsp3) is 0.538. The first kappa shape index (κ1) is 22.8. The minimum atomic E-state index is -0.227. The number of ether oxygens (including phenoxy) is 2. The molecule has 0 aromatic heterocycles. The predicted octanol–water partition coefficient (Wildman–Crippen LogP) is 5.57. The number of benzene rings is 2. The molecule has 30 heavy (non-hydrogen) atoms. The number of para-hydroxylation sites is 1. The average molecular weight is 414 g/mol. The molecule has 1 aliphatic heterocycles. The van der Waals surface area contributed by atoms with Gasteiger partial charge in [0.05, 0.1) is 13.2 Å². The van der Waals surface area contributed by atoms with Crippen LogP contribution in [0.2, 0.25) is 0 Å². The van der Waals surface area contributed by atoms with Gasteiger partial charge in [-0.2, -0.15) is 0 Å². The summed E-state index contributed by atoms with van der Waals surface area (Å²) in [4.78, 5) is 2.38. The summed E-state index contributed by atoms with van der Waals surface area (Å²) in [7, 11) is 0. The largest absolute Gasteiger partial charge is 0.492 e. The second-order valence-electron chi connectivity index (χ2n) is 9.55. The van der Waals surface area contributed by atoms with Gasteiger partial charge in [-0.05, 0) is 46.9 Å². The van der Waals surface area contributed by atoms with E-state index in [-0.39, 0.29) is 16.6 Å². The van der Waals surface area contributed by atoms with Gasteiger partial charge >= 0.3 is 0 Å². The monoisotopic (exact) mass is 413 g/mol. The van der Waals surface area contributed by atoms with Crippen LogP contribution < -0.4 is 4.74 Å². The minimum absolute atomic E-state index is 0.0713. The molecular formula is C26H36FNO2. The van der Waals surface area contributed by atoms with Gasteiger partial charge < -0.3 is 9.47 Å². The maximum Gasteiger partial charge on any atom is 0.126 e. The molecule has 0 amide bonds. The Bertz CT molecular complexity index is 812. The third kappa shape index (κ3) is 5.83. The van der Waals surface area contributed by atoms with E-state index in [0.29, 0.717) is 6.61 Å². The third-order valence-corrected chi connectivity index (χ3v) is 6.36. The number of nitrogens with zero attached hydrogens (tertiary/aromatic N) is 1. The Kier molecular flexibility index (Phi) is 7.54. The van der Waals surface area contributed by atoms with E-state index in [1.54, 1.807) is 12.1 Å². The lowest BCUT2D eigenvalue weighted by Gasteiger charge is -2.33. The van der Waals surface area contributed by atoms with Crippen LogP contribution in [-0.4, -0.2) is 44.4 Å². The molecule has 0 unspecified atom stereocenters. The maximum absolute atomic E-state index is 14.4. The van der Waals surface area contributed by atoms with Crippen LogP contribution >= 0.6 is 0 Å². The Labute approximate surface area is 181 Å². The van der Waals surface area contributed by atoms with Gasteiger partial charge in [-0.3, -0.25) is 4.90 Å². The standard InChI is InChI=1S/C26H36FNO2/c1-25(2,21-9-5-7-11-23(21)27)13-14-26(3,4)22-10-6-8-12-24(22)30-20-17-28-15-18-29-19-16-28/h5-12H,13-20H2,1-4H3. The van der Waals surface area contributed by atoms with Gasteiger partial charge in [-0.15, -0.1) is 0 Å². The van der Waals surface area contributed by atoms with E-state index < -0.39 is 0 Å². The summed E-state index contributed by atoms with van der Waals surface area (Å²) in [5, 5.41) is 0. The molecule has 164 valence electrons. The van der Waals surface area contributed by atoms with Gasteiger partial charge in [0.15, 0.2) is 0 Å². The van der Waals surface area contributed by atoms with Crippen molar-refractivity contribution in [3.63, 3.8) is 0 Å². The van der Waals surface area contributed by atoms with E-state index in [4.69, 9.17) is 9.47 Å². The van der Waals surface area contributed by atoms with Crippen molar-refractivity contribution in [2.75, 3.05) is 39.5 Å². The highest BCUT2D eigenvalue weighted by Crippen LogP contribution is 2.39. The van der Waals surface area contributed by atoms with Gasteiger partial charge in [0.1, 0.15) is 18.2 Å². The van der Waals surface area contributed by atoms with E-state index in [0.717, 1.165) is 57.0 Å². The summed E-state index contributed by atoms with van der Waals surface area (Å²) in [6, 6.07) is 15.5. The van der Waals surface area contributed by atoms with Crippen LogP contribution in [0, 0.1) is 5.82 Å². The van der Waals surface area contributed by atoms with Crippen molar-refractivity contribution in [2.24, 2.45) is 0 Å². The molecule has 1 heterocycles. The van der Waals surface area contributed by atoms with E-state index in [9.17, 15) is 4.39 Å². The molecule has 3 nitrogen and oxygen atoms in total. The molecule has 0 bridgehead atoms. The molecule has 2 aromatic rings. The van der Waals surface area contributed by atoms with Crippen LogP contribution in [0.4, 0.5) is 4.39 Å². The maximum atomic E-state index is 14.4. The van der Waals surface area contributed by atoms with Crippen LogP contribution in [0.5, 0.6) is 5.75 Å². The number of halogens is 1. The number of hydrogen-bond acceptors (Lipinski definition) is 3. The van der Waals surface area contributed by atoms with Crippen LogP contribution in [0.15, 0.2) is 48.5 Å². The molecule has 3 rings (SSSR count). The van der Waals surface area contributed by atoms with E-state index >= 15 is 0 Å². The van der Waals surface area contributed by atoms with E-state index in [2.05, 4.69) is 50.8 Å². The summed E-state index contributed by atoms with van der Waals surface area (Å²) >= 11 is 0. The minimum Gasteiger partial charge on any atom is -0.492 e. The SMILES string of the molecule is CC(C)(CCC(C)(C)c1ccccc1OCCN1CCOCC1)c1ccccc1F. The quantitative estimate of drug-likeness (QED) is 0.536. The number of rotatable bonds is 9. The van der Waals surface area contributed by atoms with Crippen molar-refractivity contribution in [3.05, 3.63) is 65.5 Å². The smallest absolute Gasteiger partial charge is 0.126 e. The van der Waals surface area contributed by atoms with Gasteiger partial charge in [-0.1, -0.05) is 64.1 Å². The molecule has 0 saturated carbocycles. The molecule has 1 saturated heterocycles. The molecule has 4 heteroatoms. The van der Waals surface area contributed by atoms with Crippen LogP contribution in [0.1, 0.15) is 51.7 Å². The van der Waals surface area contributed by atoms with E-state index in [1.807, 2.05) is 18.2 Å². The Morgan fingerprint density at radius 2 is 1.43 bits per heavy atom. The van der Waals surface area contributed by atoms with Crippen LogP contribution in [0.3, 0.4) is 0 Å². The van der Waals surface area contributed by atoms with Gasteiger partial charge in [0, 0.05) is 19.6 Å². The predicted molar refractivity (Wildman–Crippen MR) is 121 cm³/mol. The molecular weight excluding hydrogens is 377 g/mol. The van der Waals surface area contributed by atoms with Crippen LogP contribution in [-0.2, 0) is 15.6 Å².